The Morgan fingerprint density at radius 1 is 1.88 bits per heavy atom. The highest BCUT2D eigenvalue weighted by Crippen LogP contribution is 2.01. The van der Waals surface area contributed by atoms with E-state index in [2.05, 4.69) is 4.99 Å². The van der Waals surface area contributed by atoms with Crippen molar-refractivity contribution in [2.24, 2.45) is 4.99 Å². The number of ketones is 1. The number of Topliss-reactive ketones (excluding diaryl/α,β-unsaturated/α-hetero) is 1. The van der Waals surface area contributed by atoms with E-state index in [1.54, 1.807) is 0 Å². The van der Waals surface area contributed by atoms with Gasteiger partial charge in [-0.3, -0.25) is 9.79 Å². The quantitative estimate of drug-likeness (QED) is 0.470. The first kappa shape index (κ1) is 5.44. The number of hydrogen-bond acceptors (Lipinski definition) is 3. The minimum absolute atomic E-state index is 0.0625. The van der Waals surface area contributed by atoms with E-state index in [4.69, 9.17) is 5.11 Å². The lowest BCUT2D eigenvalue weighted by Gasteiger charge is -2.06. The van der Waals surface area contributed by atoms with Crippen molar-refractivity contribution in [3.8, 4) is 0 Å². The number of carbonyl (C=O) groups is 1. The van der Waals surface area contributed by atoms with Crippen LogP contribution in [0.5, 0.6) is 0 Å². The highest BCUT2D eigenvalue weighted by atomic mass is 16.3. The molecule has 0 spiro atoms. The third-order valence-corrected chi connectivity index (χ3v) is 1.01. The van der Waals surface area contributed by atoms with E-state index in [1.807, 2.05) is 0 Å². The second-order valence-corrected chi connectivity index (χ2v) is 1.76. The maximum absolute atomic E-state index is 10.4. The van der Waals surface area contributed by atoms with Gasteiger partial charge in [-0.15, -0.1) is 0 Å². The summed E-state index contributed by atoms with van der Waals surface area (Å²) >= 11 is 0. The molecule has 1 aliphatic heterocycles. The van der Waals surface area contributed by atoms with Gasteiger partial charge in [0.15, 0.2) is 6.23 Å². The second-order valence-electron chi connectivity index (χ2n) is 1.76. The first-order valence-corrected chi connectivity index (χ1v) is 2.50. The SMILES string of the molecule is O=C1CC=NC(O)C1. The minimum Gasteiger partial charge on any atom is -0.371 e. The fraction of sp³-hybridized carbons (Fsp3) is 0.600. The van der Waals surface area contributed by atoms with Gasteiger partial charge in [0.2, 0.25) is 0 Å². The number of nitrogens with zero attached hydrogens (tertiary/aromatic N) is 1. The van der Waals surface area contributed by atoms with Crippen molar-refractivity contribution in [3.63, 3.8) is 0 Å². The molecule has 1 aliphatic rings. The third-order valence-electron chi connectivity index (χ3n) is 1.01. The molecular weight excluding hydrogens is 106 g/mol. The number of aliphatic imine (C=N–C) groups is 1. The van der Waals surface area contributed by atoms with Gasteiger partial charge in [-0.1, -0.05) is 0 Å². The molecule has 1 N–H and O–H groups in total. The Morgan fingerprint density at radius 2 is 2.62 bits per heavy atom. The van der Waals surface area contributed by atoms with Crippen LogP contribution in [-0.4, -0.2) is 23.3 Å². The Balaban J connectivity index is 2.54. The molecule has 1 heterocycles. The van der Waals surface area contributed by atoms with Crippen LogP contribution in [0.3, 0.4) is 0 Å². The smallest absolute Gasteiger partial charge is 0.151 e. The average Bonchev–Trinajstić information content (AvgIpc) is 1.64. The number of carbonyl (C=O) groups excluding carboxylic acids is 1. The van der Waals surface area contributed by atoms with E-state index in [0.717, 1.165) is 0 Å². The molecule has 0 aromatic rings. The van der Waals surface area contributed by atoms with Gasteiger partial charge in [-0.05, 0) is 0 Å². The van der Waals surface area contributed by atoms with Crippen molar-refractivity contribution < 1.29 is 9.90 Å². The summed E-state index contributed by atoms with van der Waals surface area (Å²) in [5, 5.41) is 8.66. The summed E-state index contributed by atoms with van der Waals surface area (Å²) in [6.07, 6.45) is 1.26. The topological polar surface area (TPSA) is 49.7 Å². The predicted molar refractivity (Wildman–Crippen MR) is 28.7 cm³/mol. The summed E-state index contributed by atoms with van der Waals surface area (Å²) in [7, 11) is 0. The van der Waals surface area contributed by atoms with Crippen LogP contribution in [-0.2, 0) is 4.79 Å². The lowest BCUT2D eigenvalue weighted by atomic mass is 10.2. The van der Waals surface area contributed by atoms with Crippen LogP contribution in [0.2, 0.25) is 0 Å². The molecule has 0 saturated heterocycles. The van der Waals surface area contributed by atoms with Crippen molar-refractivity contribution in [3.05, 3.63) is 0 Å². The van der Waals surface area contributed by atoms with Crippen LogP contribution < -0.4 is 0 Å². The summed E-state index contributed by atoms with van der Waals surface area (Å²) in [4.78, 5) is 14.0. The van der Waals surface area contributed by atoms with E-state index in [9.17, 15) is 4.79 Å². The molecule has 0 amide bonds. The second kappa shape index (κ2) is 2.05. The van der Waals surface area contributed by atoms with Crippen LogP contribution in [0.1, 0.15) is 12.8 Å². The molecule has 0 aromatic heterocycles. The molecule has 0 aromatic carbocycles. The molecule has 0 aliphatic carbocycles. The van der Waals surface area contributed by atoms with E-state index in [0.29, 0.717) is 6.42 Å². The predicted octanol–water partition coefficient (Wildman–Crippen LogP) is -0.262. The molecule has 8 heavy (non-hydrogen) atoms. The van der Waals surface area contributed by atoms with Gasteiger partial charge in [0.05, 0.1) is 6.42 Å². The first-order chi connectivity index (χ1) is 3.79. The zero-order chi connectivity index (χ0) is 5.98. The van der Waals surface area contributed by atoms with Crippen LogP contribution in [0.25, 0.3) is 0 Å². The van der Waals surface area contributed by atoms with Gasteiger partial charge in [0.1, 0.15) is 5.78 Å². The molecule has 3 nitrogen and oxygen atoms in total. The summed E-state index contributed by atoms with van der Waals surface area (Å²) in [5.41, 5.74) is 0. The van der Waals surface area contributed by atoms with Gasteiger partial charge >= 0.3 is 0 Å². The van der Waals surface area contributed by atoms with E-state index in [-0.39, 0.29) is 12.2 Å². The summed E-state index contributed by atoms with van der Waals surface area (Å²) in [6, 6.07) is 0. The first-order valence-electron chi connectivity index (χ1n) is 2.50. The van der Waals surface area contributed by atoms with Gasteiger partial charge < -0.3 is 5.11 Å². The van der Waals surface area contributed by atoms with E-state index in [1.165, 1.54) is 6.21 Å². The van der Waals surface area contributed by atoms with Crippen LogP contribution >= 0.6 is 0 Å². The summed E-state index contributed by atoms with van der Waals surface area (Å²) in [5.74, 6) is 0.0625. The Bertz CT molecular complexity index is 130. The summed E-state index contributed by atoms with van der Waals surface area (Å²) in [6.45, 7) is 0. The molecule has 3 heteroatoms. The van der Waals surface area contributed by atoms with Gasteiger partial charge in [0, 0.05) is 12.6 Å². The lowest BCUT2D eigenvalue weighted by Crippen LogP contribution is -2.16. The van der Waals surface area contributed by atoms with E-state index < -0.39 is 6.23 Å². The standard InChI is InChI=1S/C5H7NO2/c7-4-1-2-6-5(8)3-4/h2,5,8H,1,3H2. The van der Waals surface area contributed by atoms with Gasteiger partial charge in [-0.25, -0.2) is 0 Å². The molecule has 0 fully saturated rings. The lowest BCUT2D eigenvalue weighted by molar-refractivity contribution is -0.120. The third kappa shape index (κ3) is 1.13. The molecule has 0 saturated carbocycles. The molecule has 44 valence electrons. The molecule has 1 rings (SSSR count). The van der Waals surface area contributed by atoms with Crippen molar-refractivity contribution in [2.75, 3.05) is 0 Å². The number of hydrogen-bond donors (Lipinski definition) is 1. The van der Waals surface area contributed by atoms with Gasteiger partial charge in [0.25, 0.3) is 0 Å². The Kier molecular flexibility index (Phi) is 1.39. The van der Waals surface area contributed by atoms with Crippen molar-refractivity contribution >= 4 is 12.0 Å². The van der Waals surface area contributed by atoms with Crippen molar-refractivity contribution in [2.45, 2.75) is 19.1 Å². The number of aliphatic hydroxyl groups excluding tert-OH is 1. The molecule has 0 bridgehead atoms. The van der Waals surface area contributed by atoms with Crippen LogP contribution in [0, 0.1) is 0 Å². The number of aliphatic hydroxyl groups is 1. The van der Waals surface area contributed by atoms with Crippen LogP contribution in [0.15, 0.2) is 4.99 Å². The average molecular weight is 113 g/mol. The number of rotatable bonds is 0. The zero-order valence-corrected chi connectivity index (χ0v) is 4.37. The fourth-order valence-electron chi connectivity index (χ4n) is 0.616. The van der Waals surface area contributed by atoms with Gasteiger partial charge in [-0.2, -0.15) is 0 Å². The normalized spacial score (nSPS) is 28.6. The van der Waals surface area contributed by atoms with Crippen molar-refractivity contribution in [1.82, 2.24) is 0 Å². The molecular formula is C5H7NO2. The Morgan fingerprint density at radius 3 is 3.00 bits per heavy atom. The largest absolute Gasteiger partial charge is 0.371 e. The Hall–Kier alpha value is -0.700. The highest BCUT2D eigenvalue weighted by Gasteiger charge is 2.11. The molecule has 1 unspecified atom stereocenters. The summed E-state index contributed by atoms with van der Waals surface area (Å²) < 4.78 is 0. The highest BCUT2D eigenvalue weighted by molar-refractivity contribution is 5.93. The maximum Gasteiger partial charge on any atom is 0.151 e. The molecule has 0 radical (unpaired) electrons. The van der Waals surface area contributed by atoms with Crippen molar-refractivity contribution in [1.29, 1.82) is 0 Å². The van der Waals surface area contributed by atoms with Crippen LogP contribution in [0.4, 0.5) is 0 Å². The molecule has 1 atom stereocenters. The van der Waals surface area contributed by atoms with E-state index >= 15 is 0 Å². The maximum atomic E-state index is 10.4. The Labute approximate surface area is 47.0 Å². The zero-order valence-electron chi connectivity index (χ0n) is 4.37. The minimum atomic E-state index is -0.767. The fourth-order valence-corrected chi connectivity index (χ4v) is 0.616. The monoisotopic (exact) mass is 113 g/mol.